The first kappa shape index (κ1) is 22.8. The summed E-state index contributed by atoms with van der Waals surface area (Å²) in [5.41, 5.74) is 2.30. The Morgan fingerprint density at radius 2 is 1.90 bits per heavy atom. The second kappa shape index (κ2) is 9.96. The monoisotopic (exact) mass is 424 g/mol. The van der Waals surface area contributed by atoms with Gasteiger partial charge in [0, 0.05) is 24.4 Å². The highest BCUT2D eigenvalue weighted by molar-refractivity contribution is 5.98. The van der Waals surface area contributed by atoms with Gasteiger partial charge in [-0.15, -0.1) is 0 Å². The van der Waals surface area contributed by atoms with Crippen LogP contribution in [0.4, 0.5) is 5.69 Å². The molecule has 1 aliphatic rings. The molecule has 0 spiro atoms. The van der Waals surface area contributed by atoms with Crippen molar-refractivity contribution >= 4 is 17.5 Å². The lowest BCUT2D eigenvalue weighted by Crippen LogP contribution is -2.32. The topological polar surface area (TPSA) is 76.7 Å². The first-order chi connectivity index (χ1) is 14.7. The van der Waals surface area contributed by atoms with Crippen LogP contribution in [-0.4, -0.2) is 37.2 Å². The Morgan fingerprint density at radius 3 is 2.55 bits per heavy atom. The molecule has 2 amide bonds. The van der Waals surface area contributed by atoms with E-state index in [1.807, 2.05) is 24.3 Å². The molecule has 0 radical (unpaired) electrons. The summed E-state index contributed by atoms with van der Waals surface area (Å²) in [5.74, 6) is 0.171. The van der Waals surface area contributed by atoms with Gasteiger partial charge in [-0.3, -0.25) is 9.59 Å². The van der Waals surface area contributed by atoms with Crippen LogP contribution >= 0.6 is 0 Å². The first-order valence-corrected chi connectivity index (χ1v) is 10.8. The molecule has 6 heteroatoms. The number of nitrogens with one attached hydrogen (secondary N) is 2. The lowest BCUT2D eigenvalue weighted by Gasteiger charge is -2.20. The third-order valence-corrected chi connectivity index (χ3v) is 5.31. The van der Waals surface area contributed by atoms with Crippen molar-refractivity contribution in [3.8, 4) is 5.75 Å². The van der Waals surface area contributed by atoms with E-state index in [4.69, 9.17) is 9.47 Å². The molecule has 1 aliphatic heterocycles. The van der Waals surface area contributed by atoms with Crippen LogP contribution in [0.3, 0.4) is 0 Å². The maximum absolute atomic E-state index is 12.6. The molecule has 1 heterocycles. The van der Waals surface area contributed by atoms with Crippen molar-refractivity contribution in [2.45, 2.75) is 58.2 Å². The highest BCUT2D eigenvalue weighted by Gasteiger charge is 2.19. The van der Waals surface area contributed by atoms with Crippen LogP contribution in [-0.2, 0) is 14.9 Å². The minimum absolute atomic E-state index is 0.0585. The van der Waals surface area contributed by atoms with Crippen molar-refractivity contribution in [2.75, 3.05) is 18.5 Å². The number of anilines is 1. The van der Waals surface area contributed by atoms with E-state index in [0.717, 1.165) is 19.4 Å². The fourth-order valence-corrected chi connectivity index (χ4v) is 3.39. The molecule has 31 heavy (non-hydrogen) atoms. The van der Waals surface area contributed by atoms with Crippen LogP contribution in [0, 0.1) is 0 Å². The van der Waals surface area contributed by atoms with E-state index in [1.54, 1.807) is 31.2 Å². The van der Waals surface area contributed by atoms with E-state index in [-0.39, 0.29) is 23.3 Å². The second-order valence-corrected chi connectivity index (χ2v) is 8.95. The van der Waals surface area contributed by atoms with E-state index >= 15 is 0 Å². The molecule has 166 valence electrons. The molecule has 2 unspecified atom stereocenters. The van der Waals surface area contributed by atoms with Gasteiger partial charge in [-0.25, -0.2) is 0 Å². The number of carbonyl (C=O) groups excluding carboxylic acids is 2. The number of carbonyl (C=O) groups is 2. The van der Waals surface area contributed by atoms with Crippen LogP contribution in [0.5, 0.6) is 5.75 Å². The van der Waals surface area contributed by atoms with Crippen molar-refractivity contribution in [2.24, 2.45) is 0 Å². The van der Waals surface area contributed by atoms with Gasteiger partial charge in [-0.05, 0) is 61.1 Å². The van der Waals surface area contributed by atoms with Gasteiger partial charge in [0.1, 0.15) is 5.75 Å². The third-order valence-electron chi connectivity index (χ3n) is 5.31. The normalized spacial score (nSPS) is 17.1. The van der Waals surface area contributed by atoms with Crippen LogP contribution < -0.4 is 15.4 Å². The number of rotatable bonds is 7. The van der Waals surface area contributed by atoms with E-state index in [0.29, 0.717) is 23.5 Å². The van der Waals surface area contributed by atoms with Gasteiger partial charge >= 0.3 is 0 Å². The van der Waals surface area contributed by atoms with E-state index < -0.39 is 6.10 Å². The van der Waals surface area contributed by atoms with Crippen LogP contribution in [0.25, 0.3) is 0 Å². The van der Waals surface area contributed by atoms with Crippen LogP contribution in [0.1, 0.15) is 56.5 Å². The van der Waals surface area contributed by atoms with Gasteiger partial charge in [0.15, 0.2) is 6.10 Å². The van der Waals surface area contributed by atoms with Gasteiger partial charge in [-0.1, -0.05) is 39.0 Å². The zero-order valence-corrected chi connectivity index (χ0v) is 18.7. The fraction of sp³-hybridized carbons (Fsp3) is 0.440. The largest absolute Gasteiger partial charge is 0.481 e. The maximum atomic E-state index is 12.6. The molecule has 2 atom stereocenters. The van der Waals surface area contributed by atoms with Gasteiger partial charge in [0.25, 0.3) is 11.8 Å². The van der Waals surface area contributed by atoms with Crippen molar-refractivity contribution in [1.29, 1.82) is 0 Å². The number of hydrogen-bond acceptors (Lipinski definition) is 4. The fourth-order valence-electron chi connectivity index (χ4n) is 3.39. The maximum Gasteiger partial charge on any atom is 0.265 e. The van der Waals surface area contributed by atoms with Gasteiger partial charge in [0.05, 0.1) is 6.10 Å². The summed E-state index contributed by atoms with van der Waals surface area (Å²) in [6, 6.07) is 14.7. The minimum Gasteiger partial charge on any atom is -0.481 e. The highest BCUT2D eigenvalue weighted by atomic mass is 16.5. The van der Waals surface area contributed by atoms with Gasteiger partial charge in [0.2, 0.25) is 0 Å². The third kappa shape index (κ3) is 6.56. The molecule has 0 saturated carbocycles. The lowest BCUT2D eigenvalue weighted by atomic mass is 9.87. The summed E-state index contributed by atoms with van der Waals surface area (Å²) in [4.78, 5) is 25.0. The van der Waals surface area contributed by atoms with Crippen molar-refractivity contribution in [3.05, 3.63) is 59.7 Å². The standard InChI is InChI=1S/C25H32N2O4/c1-17(31-21-12-10-19(11-13-21)25(2,3)4)23(28)27-20-8-5-7-18(15-20)24(29)26-16-22-9-6-14-30-22/h5,7-8,10-13,15,17,22H,6,9,14,16H2,1-4H3,(H,26,29)(H,27,28). The zero-order valence-electron chi connectivity index (χ0n) is 18.7. The van der Waals surface area contributed by atoms with Gasteiger partial charge in [-0.2, -0.15) is 0 Å². The molecule has 0 aliphatic carbocycles. The van der Waals surface area contributed by atoms with E-state index in [9.17, 15) is 9.59 Å². The van der Waals surface area contributed by atoms with Crippen molar-refractivity contribution < 1.29 is 19.1 Å². The molecular weight excluding hydrogens is 392 g/mol. The summed E-state index contributed by atoms with van der Waals surface area (Å²) >= 11 is 0. The van der Waals surface area contributed by atoms with Crippen LogP contribution in [0.15, 0.2) is 48.5 Å². The summed E-state index contributed by atoms with van der Waals surface area (Å²) in [6.45, 7) is 9.39. The van der Waals surface area contributed by atoms with Crippen molar-refractivity contribution in [1.82, 2.24) is 5.32 Å². The predicted octanol–water partition coefficient (Wildman–Crippen LogP) is 4.30. The highest BCUT2D eigenvalue weighted by Crippen LogP contribution is 2.24. The number of ether oxygens (including phenoxy) is 2. The molecule has 2 N–H and O–H groups in total. The number of hydrogen-bond donors (Lipinski definition) is 2. The summed E-state index contributed by atoms with van der Waals surface area (Å²) in [7, 11) is 0. The Balaban J connectivity index is 1.54. The molecule has 1 saturated heterocycles. The predicted molar refractivity (Wildman–Crippen MR) is 122 cm³/mol. The molecule has 0 bridgehead atoms. The average Bonchev–Trinajstić information content (AvgIpc) is 3.25. The number of amides is 2. The molecule has 3 rings (SSSR count). The Labute approximate surface area is 184 Å². The smallest absolute Gasteiger partial charge is 0.265 e. The molecule has 2 aromatic carbocycles. The Bertz CT molecular complexity index is 896. The first-order valence-electron chi connectivity index (χ1n) is 10.8. The van der Waals surface area contributed by atoms with E-state index in [1.165, 1.54) is 5.56 Å². The Hall–Kier alpha value is -2.86. The van der Waals surface area contributed by atoms with Gasteiger partial charge < -0.3 is 20.1 Å². The lowest BCUT2D eigenvalue weighted by molar-refractivity contribution is -0.122. The molecular formula is C25H32N2O4. The Kier molecular flexibility index (Phi) is 7.33. The Morgan fingerprint density at radius 1 is 1.16 bits per heavy atom. The van der Waals surface area contributed by atoms with Crippen molar-refractivity contribution in [3.63, 3.8) is 0 Å². The zero-order chi connectivity index (χ0) is 22.4. The molecule has 6 nitrogen and oxygen atoms in total. The van der Waals surface area contributed by atoms with Crippen LogP contribution in [0.2, 0.25) is 0 Å². The summed E-state index contributed by atoms with van der Waals surface area (Å²) in [5, 5.41) is 5.71. The molecule has 2 aromatic rings. The summed E-state index contributed by atoms with van der Waals surface area (Å²) < 4.78 is 11.3. The second-order valence-electron chi connectivity index (χ2n) is 8.95. The summed E-state index contributed by atoms with van der Waals surface area (Å²) in [6.07, 6.45) is 1.40. The molecule has 1 fully saturated rings. The number of benzene rings is 2. The SMILES string of the molecule is CC(Oc1ccc(C(C)(C)C)cc1)C(=O)Nc1cccc(C(=O)NCC2CCCO2)c1. The average molecular weight is 425 g/mol. The minimum atomic E-state index is -0.683. The quantitative estimate of drug-likeness (QED) is 0.695. The molecule has 0 aromatic heterocycles. The van der Waals surface area contributed by atoms with E-state index in [2.05, 4.69) is 31.4 Å².